The van der Waals surface area contributed by atoms with Crippen LogP contribution in [0.15, 0.2) is 6.20 Å². The summed E-state index contributed by atoms with van der Waals surface area (Å²) < 4.78 is 25.3. The second-order valence-electron chi connectivity index (χ2n) is 5.89. The van der Waals surface area contributed by atoms with Crippen molar-refractivity contribution in [1.29, 1.82) is 0 Å². The number of rotatable bonds is 2. The summed E-state index contributed by atoms with van der Waals surface area (Å²) in [5, 5.41) is 0. The number of hydrogen-bond donors (Lipinski definition) is 0. The molecule has 0 saturated carbocycles. The average molecular weight is 268 g/mol. The van der Waals surface area contributed by atoms with E-state index in [9.17, 15) is 8.42 Å². The number of imidazole rings is 1. The number of hydrogen-bond acceptors (Lipinski definition) is 3. The zero-order chi connectivity index (χ0) is 12.8. The number of fused-ring (bicyclic) bond motifs is 1. The third-order valence-corrected chi connectivity index (χ3v) is 6.06. The fourth-order valence-electron chi connectivity index (χ4n) is 3.15. The maximum atomic E-state index is 11.5. The first kappa shape index (κ1) is 12.2. The van der Waals surface area contributed by atoms with Crippen LogP contribution in [0.5, 0.6) is 0 Å². The molecule has 0 bridgehead atoms. The maximum Gasteiger partial charge on any atom is 0.150 e. The summed E-state index contributed by atoms with van der Waals surface area (Å²) in [6.45, 7) is 3.32. The topological polar surface area (TPSA) is 52.0 Å². The predicted octanol–water partition coefficient (Wildman–Crippen LogP) is 1.44. The summed E-state index contributed by atoms with van der Waals surface area (Å²) >= 11 is 0. The van der Waals surface area contributed by atoms with Gasteiger partial charge in [0.2, 0.25) is 0 Å². The molecule has 18 heavy (non-hydrogen) atoms. The Morgan fingerprint density at radius 1 is 1.44 bits per heavy atom. The first-order valence-electron chi connectivity index (χ1n) is 6.77. The van der Waals surface area contributed by atoms with Crippen molar-refractivity contribution in [3.05, 3.63) is 17.7 Å². The molecule has 1 saturated heterocycles. The van der Waals surface area contributed by atoms with Crippen LogP contribution in [0.25, 0.3) is 0 Å². The quantitative estimate of drug-likeness (QED) is 0.815. The molecule has 0 N–H and O–H groups in total. The Morgan fingerprint density at radius 3 is 3.00 bits per heavy atom. The molecule has 0 aromatic carbocycles. The number of aromatic nitrogens is 2. The van der Waals surface area contributed by atoms with Crippen molar-refractivity contribution in [2.45, 2.75) is 39.2 Å². The predicted molar refractivity (Wildman–Crippen MR) is 70.2 cm³/mol. The molecule has 0 amide bonds. The molecule has 2 aliphatic rings. The Kier molecular flexibility index (Phi) is 2.96. The van der Waals surface area contributed by atoms with E-state index in [1.54, 1.807) is 0 Å². The Hall–Kier alpha value is -0.840. The maximum absolute atomic E-state index is 11.5. The van der Waals surface area contributed by atoms with E-state index >= 15 is 0 Å². The van der Waals surface area contributed by atoms with Crippen molar-refractivity contribution in [3.63, 3.8) is 0 Å². The molecule has 5 heteroatoms. The monoisotopic (exact) mass is 268 g/mol. The fraction of sp³-hybridized carbons (Fsp3) is 0.769. The lowest BCUT2D eigenvalue weighted by molar-refractivity contribution is 0.402. The van der Waals surface area contributed by atoms with Crippen LogP contribution < -0.4 is 0 Å². The molecule has 3 heterocycles. The van der Waals surface area contributed by atoms with Crippen LogP contribution in [-0.2, 0) is 29.2 Å². The second kappa shape index (κ2) is 4.37. The van der Waals surface area contributed by atoms with Crippen molar-refractivity contribution >= 4 is 9.84 Å². The highest BCUT2D eigenvalue weighted by molar-refractivity contribution is 7.91. The van der Waals surface area contributed by atoms with Gasteiger partial charge < -0.3 is 4.57 Å². The minimum absolute atomic E-state index is 0.279. The van der Waals surface area contributed by atoms with Crippen molar-refractivity contribution in [3.8, 4) is 0 Å². The smallest absolute Gasteiger partial charge is 0.150 e. The SMILES string of the molecule is CC1CCn2c(cnc2CC2CCS(=O)(=O)C2)C1. The number of nitrogens with zero attached hydrogens (tertiary/aromatic N) is 2. The molecule has 2 aliphatic heterocycles. The Bertz CT molecular complexity index is 547. The zero-order valence-electron chi connectivity index (χ0n) is 10.8. The minimum atomic E-state index is -2.77. The summed E-state index contributed by atoms with van der Waals surface area (Å²) in [6.07, 6.45) is 5.93. The van der Waals surface area contributed by atoms with E-state index in [2.05, 4.69) is 16.5 Å². The summed E-state index contributed by atoms with van der Waals surface area (Å²) in [6, 6.07) is 0. The van der Waals surface area contributed by atoms with Gasteiger partial charge in [0.05, 0.1) is 11.5 Å². The van der Waals surface area contributed by atoms with Crippen LogP contribution in [0.2, 0.25) is 0 Å². The van der Waals surface area contributed by atoms with Gasteiger partial charge in [-0.25, -0.2) is 13.4 Å². The minimum Gasteiger partial charge on any atom is -0.332 e. The first-order valence-corrected chi connectivity index (χ1v) is 8.59. The molecule has 1 aromatic rings. The van der Waals surface area contributed by atoms with E-state index in [-0.39, 0.29) is 5.92 Å². The largest absolute Gasteiger partial charge is 0.332 e. The van der Waals surface area contributed by atoms with Gasteiger partial charge in [0.25, 0.3) is 0 Å². The lowest BCUT2D eigenvalue weighted by Gasteiger charge is -2.22. The molecule has 0 radical (unpaired) electrons. The lowest BCUT2D eigenvalue weighted by atomic mass is 9.98. The molecule has 2 atom stereocenters. The molecule has 1 aromatic heterocycles. The Labute approximate surface area is 108 Å². The molecular weight excluding hydrogens is 248 g/mol. The van der Waals surface area contributed by atoms with Crippen LogP contribution in [0, 0.1) is 11.8 Å². The normalized spacial score (nSPS) is 30.3. The van der Waals surface area contributed by atoms with E-state index in [4.69, 9.17) is 0 Å². The van der Waals surface area contributed by atoms with Gasteiger partial charge in [0, 0.05) is 24.9 Å². The molecular formula is C13H20N2O2S. The first-order chi connectivity index (χ1) is 8.53. The van der Waals surface area contributed by atoms with Crippen LogP contribution in [0.4, 0.5) is 0 Å². The van der Waals surface area contributed by atoms with E-state index in [0.29, 0.717) is 11.5 Å². The van der Waals surface area contributed by atoms with Gasteiger partial charge in [0.15, 0.2) is 9.84 Å². The van der Waals surface area contributed by atoms with Crippen LogP contribution >= 0.6 is 0 Å². The molecule has 0 aliphatic carbocycles. The van der Waals surface area contributed by atoms with Crippen molar-refractivity contribution in [1.82, 2.24) is 9.55 Å². The van der Waals surface area contributed by atoms with E-state index < -0.39 is 9.84 Å². The van der Waals surface area contributed by atoms with Gasteiger partial charge in [-0.1, -0.05) is 6.92 Å². The summed E-state index contributed by atoms with van der Waals surface area (Å²) in [4.78, 5) is 4.51. The fourth-order valence-corrected chi connectivity index (χ4v) is 5.01. The Morgan fingerprint density at radius 2 is 2.28 bits per heavy atom. The summed E-state index contributed by atoms with van der Waals surface area (Å²) in [5.74, 6) is 2.84. The molecule has 4 nitrogen and oxygen atoms in total. The van der Waals surface area contributed by atoms with Crippen LogP contribution in [0.1, 0.15) is 31.3 Å². The van der Waals surface area contributed by atoms with Crippen LogP contribution in [-0.4, -0.2) is 29.5 Å². The van der Waals surface area contributed by atoms with Crippen molar-refractivity contribution in [2.24, 2.45) is 11.8 Å². The van der Waals surface area contributed by atoms with Crippen molar-refractivity contribution < 1.29 is 8.42 Å². The van der Waals surface area contributed by atoms with Gasteiger partial charge in [-0.15, -0.1) is 0 Å². The standard InChI is InChI=1S/C13H20N2O2S/c1-10-2-4-15-12(6-10)8-14-13(15)7-11-3-5-18(16,17)9-11/h8,10-11H,2-7,9H2,1H3. The lowest BCUT2D eigenvalue weighted by Crippen LogP contribution is -2.20. The molecule has 100 valence electrons. The summed E-state index contributed by atoms with van der Waals surface area (Å²) in [7, 11) is -2.77. The molecule has 0 spiro atoms. The average Bonchev–Trinajstić information content (AvgIpc) is 2.83. The van der Waals surface area contributed by atoms with Gasteiger partial charge in [-0.2, -0.15) is 0 Å². The van der Waals surface area contributed by atoms with E-state index in [0.717, 1.165) is 37.5 Å². The molecule has 3 rings (SSSR count). The number of sulfone groups is 1. The highest BCUT2D eigenvalue weighted by atomic mass is 32.2. The third-order valence-electron chi connectivity index (χ3n) is 4.22. The molecule has 2 unspecified atom stereocenters. The third kappa shape index (κ3) is 2.32. The van der Waals surface area contributed by atoms with E-state index in [1.807, 2.05) is 6.20 Å². The van der Waals surface area contributed by atoms with Crippen LogP contribution in [0.3, 0.4) is 0 Å². The van der Waals surface area contributed by atoms with Crippen molar-refractivity contribution in [2.75, 3.05) is 11.5 Å². The van der Waals surface area contributed by atoms with Gasteiger partial charge >= 0.3 is 0 Å². The highest BCUT2D eigenvalue weighted by Gasteiger charge is 2.29. The van der Waals surface area contributed by atoms with Gasteiger partial charge in [0.1, 0.15) is 5.82 Å². The molecule has 1 fully saturated rings. The Balaban J connectivity index is 1.75. The highest BCUT2D eigenvalue weighted by Crippen LogP contribution is 2.26. The summed E-state index contributed by atoms with van der Waals surface area (Å²) in [5.41, 5.74) is 1.32. The van der Waals surface area contributed by atoms with Gasteiger partial charge in [-0.3, -0.25) is 0 Å². The van der Waals surface area contributed by atoms with E-state index in [1.165, 1.54) is 12.1 Å². The van der Waals surface area contributed by atoms with Gasteiger partial charge in [-0.05, 0) is 31.1 Å². The second-order valence-corrected chi connectivity index (χ2v) is 8.12. The zero-order valence-corrected chi connectivity index (χ0v) is 11.6.